The second-order valence-electron chi connectivity index (χ2n) is 3.64. The van der Waals surface area contributed by atoms with Gasteiger partial charge in [0.15, 0.2) is 0 Å². The molecule has 0 aliphatic rings. The van der Waals surface area contributed by atoms with Gasteiger partial charge in [0.25, 0.3) is 0 Å². The quantitative estimate of drug-likeness (QED) is 0.582. The minimum atomic E-state index is 0.261. The monoisotopic (exact) mass is 239 g/mol. The molecule has 0 fully saturated rings. The summed E-state index contributed by atoms with van der Waals surface area (Å²) in [5.41, 5.74) is 7.02. The molecule has 0 aliphatic carbocycles. The molecule has 1 aromatic rings. The molecule has 0 radical (unpaired) electrons. The van der Waals surface area contributed by atoms with Crippen LogP contribution in [0.3, 0.4) is 0 Å². The predicted octanol–water partition coefficient (Wildman–Crippen LogP) is 1.55. The summed E-state index contributed by atoms with van der Waals surface area (Å²) in [5.74, 6) is 0. The summed E-state index contributed by atoms with van der Waals surface area (Å²) >= 11 is 4.82. The summed E-state index contributed by atoms with van der Waals surface area (Å²) < 4.78 is 5.40. The van der Waals surface area contributed by atoms with Gasteiger partial charge in [-0.15, -0.1) is 0 Å². The van der Waals surface area contributed by atoms with Gasteiger partial charge in [-0.2, -0.15) is 0 Å². The fourth-order valence-corrected chi connectivity index (χ4v) is 1.25. The maximum atomic E-state index is 5.45. The van der Waals surface area contributed by atoms with E-state index in [1.807, 2.05) is 19.9 Å². The zero-order chi connectivity index (χ0) is 12.0. The summed E-state index contributed by atoms with van der Waals surface area (Å²) in [6, 6.07) is 3.70. The fraction of sp³-hybridized carbons (Fsp3) is 0.455. The zero-order valence-electron chi connectivity index (χ0n) is 9.56. The van der Waals surface area contributed by atoms with E-state index in [0.717, 1.165) is 12.2 Å². The second kappa shape index (κ2) is 6.40. The van der Waals surface area contributed by atoms with Gasteiger partial charge < -0.3 is 15.8 Å². The number of pyridine rings is 1. The average molecular weight is 239 g/mol. The van der Waals surface area contributed by atoms with E-state index < -0.39 is 0 Å². The molecule has 0 saturated heterocycles. The van der Waals surface area contributed by atoms with Gasteiger partial charge >= 0.3 is 0 Å². The normalized spacial score (nSPS) is 10.4. The van der Waals surface area contributed by atoms with Crippen LogP contribution >= 0.6 is 12.2 Å². The van der Waals surface area contributed by atoms with Crippen molar-refractivity contribution >= 4 is 22.9 Å². The van der Waals surface area contributed by atoms with Crippen molar-refractivity contribution < 1.29 is 4.74 Å². The van der Waals surface area contributed by atoms with Crippen LogP contribution in [0.5, 0.6) is 0 Å². The smallest absolute Gasteiger partial charge is 0.122 e. The molecule has 0 saturated carbocycles. The van der Waals surface area contributed by atoms with Crippen molar-refractivity contribution in [2.75, 3.05) is 18.5 Å². The first-order valence-electron chi connectivity index (χ1n) is 5.21. The third kappa shape index (κ3) is 4.55. The van der Waals surface area contributed by atoms with Crippen molar-refractivity contribution in [2.45, 2.75) is 20.0 Å². The van der Waals surface area contributed by atoms with Crippen molar-refractivity contribution in [1.82, 2.24) is 4.98 Å². The van der Waals surface area contributed by atoms with Crippen LogP contribution in [0.4, 0.5) is 5.69 Å². The molecule has 1 heterocycles. The van der Waals surface area contributed by atoms with Gasteiger partial charge in [0.05, 0.1) is 30.3 Å². The molecule has 0 amide bonds. The van der Waals surface area contributed by atoms with E-state index in [4.69, 9.17) is 22.7 Å². The van der Waals surface area contributed by atoms with Gasteiger partial charge in [-0.3, -0.25) is 4.98 Å². The van der Waals surface area contributed by atoms with Gasteiger partial charge in [-0.25, -0.2) is 0 Å². The van der Waals surface area contributed by atoms with E-state index in [0.29, 0.717) is 17.3 Å². The molecule has 4 nitrogen and oxygen atoms in total. The van der Waals surface area contributed by atoms with E-state index >= 15 is 0 Å². The number of rotatable bonds is 6. The van der Waals surface area contributed by atoms with Crippen LogP contribution < -0.4 is 11.1 Å². The molecule has 1 rings (SSSR count). The summed E-state index contributed by atoms with van der Waals surface area (Å²) in [6.07, 6.45) is 1.97. The molecular weight excluding hydrogens is 222 g/mol. The lowest BCUT2D eigenvalue weighted by Gasteiger charge is -2.09. The molecule has 0 aliphatic heterocycles. The lowest BCUT2D eigenvalue weighted by Crippen LogP contribution is -2.14. The summed E-state index contributed by atoms with van der Waals surface area (Å²) in [7, 11) is 0. The molecule has 3 N–H and O–H groups in total. The van der Waals surface area contributed by atoms with Gasteiger partial charge in [-0.1, -0.05) is 12.2 Å². The highest BCUT2D eigenvalue weighted by molar-refractivity contribution is 7.80. The van der Waals surface area contributed by atoms with Crippen molar-refractivity contribution in [3.8, 4) is 0 Å². The topological polar surface area (TPSA) is 60.2 Å². The standard InChI is InChI=1S/C11H17N3OS/c1-8(2)15-6-5-13-9-3-4-10(11(12)16)14-7-9/h3-4,7-8,13H,5-6H2,1-2H3,(H2,12,16). The first kappa shape index (κ1) is 12.9. The lowest BCUT2D eigenvalue weighted by molar-refractivity contribution is 0.0870. The number of nitrogens with zero attached hydrogens (tertiary/aromatic N) is 1. The van der Waals surface area contributed by atoms with Gasteiger partial charge in [0.2, 0.25) is 0 Å². The number of hydrogen-bond donors (Lipinski definition) is 2. The Morgan fingerprint density at radius 3 is 2.81 bits per heavy atom. The van der Waals surface area contributed by atoms with Crippen LogP contribution in [-0.4, -0.2) is 29.2 Å². The molecule has 0 bridgehead atoms. The SMILES string of the molecule is CC(C)OCCNc1ccc(C(N)=S)nc1. The Morgan fingerprint density at radius 1 is 1.56 bits per heavy atom. The highest BCUT2D eigenvalue weighted by atomic mass is 32.1. The first-order chi connectivity index (χ1) is 7.59. The summed E-state index contributed by atoms with van der Waals surface area (Å²) in [4.78, 5) is 4.44. The number of aromatic nitrogens is 1. The van der Waals surface area contributed by atoms with Crippen LogP contribution in [0.15, 0.2) is 18.3 Å². The molecule has 0 aromatic carbocycles. The molecule has 88 valence electrons. The number of anilines is 1. The van der Waals surface area contributed by atoms with Crippen molar-refractivity contribution in [1.29, 1.82) is 0 Å². The largest absolute Gasteiger partial charge is 0.388 e. The molecular formula is C11H17N3OS. The maximum Gasteiger partial charge on any atom is 0.122 e. The Bertz CT molecular complexity index is 338. The first-order valence-corrected chi connectivity index (χ1v) is 5.61. The van der Waals surface area contributed by atoms with E-state index in [1.54, 1.807) is 12.3 Å². The number of nitrogens with one attached hydrogen (secondary N) is 1. The fourth-order valence-electron chi connectivity index (χ4n) is 1.13. The Hall–Kier alpha value is -1.20. The average Bonchev–Trinajstić information content (AvgIpc) is 2.25. The zero-order valence-corrected chi connectivity index (χ0v) is 10.4. The minimum absolute atomic E-state index is 0.261. The van der Waals surface area contributed by atoms with Crippen LogP contribution in [0, 0.1) is 0 Å². The third-order valence-electron chi connectivity index (χ3n) is 1.90. The van der Waals surface area contributed by atoms with Gasteiger partial charge in [0, 0.05) is 6.54 Å². The van der Waals surface area contributed by atoms with Crippen molar-refractivity contribution in [3.05, 3.63) is 24.0 Å². The van der Waals surface area contributed by atoms with E-state index in [1.165, 1.54) is 0 Å². The van der Waals surface area contributed by atoms with Gasteiger partial charge in [0.1, 0.15) is 4.99 Å². The van der Waals surface area contributed by atoms with Crippen LogP contribution in [0.2, 0.25) is 0 Å². The molecule has 0 spiro atoms. The van der Waals surface area contributed by atoms with Crippen molar-refractivity contribution in [2.24, 2.45) is 5.73 Å². The lowest BCUT2D eigenvalue weighted by atomic mass is 10.3. The molecule has 1 aromatic heterocycles. The molecule has 0 unspecified atom stereocenters. The second-order valence-corrected chi connectivity index (χ2v) is 4.08. The Labute approximate surface area is 101 Å². The van der Waals surface area contributed by atoms with E-state index in [2.05, 4.69) is 10.3 Å². The highest BCUT2D eigenvalue weighted by Gasteiger charge is 1.98. The number of nitrogens with two attached hydrogens (primary N) is 1. The van der Waals surface area contributed by atoms with Crippen LogP contribution in [0.25, 0.3) is 0 Å². The maximum absolute atomic E-state index is 5.45. The molecule has 16 heavy (non-hydrogen) atoms. The summed E-state index contributed by atoms with van der Waals surface area (Å²) in [6.45, 7) is 5.46. The van der Waals surface area contributed by atoms with Crippen LogP contribution in [0.1, 0.15) is 19.5 Å². The Kier molecular flexibility index (Phi) is 5.14. The van der Waals surface area contributed by atoms with Gasteiger partial charge in [-0.05, 0) is 26.0 Å². The number of ether oxygens (including phenoxy) is 1. The molecule has 0 atom stereocenters. The number of thiocarbonyl (C=S) groups is 1. The predicted molar refractivity (Wildman–Crippen MR) is 69.7 cm³/mol. The minimum Gasteiger partial charge on any atom is -0.388 e. The Morgan fingerprint density at radius 2 is 2.31 bits per heavy atom. The Balaban J connectivity index is 2.35. The highest BCUT2D eigenvalue weighted by Crippen LogP contribution is 2.05. The third-order valence-corrected chi connectivity index (χ3v) is 2.11. The van der Waals surface area contributed by atoms with E-state index in [9.17, 15) is 0 Å². The van der Waals surface area contributed by atoms with E-state index in [-0.39, 0.29) is 6.10 Å². The van der Waals surface area contributed by atoms with Crippen LogP contribution in [-0.2, 0) is 4.74 Å². The number of hydrogen-bond acceptors (Lipinski definition) is 4. The summed E-state index contributed by atoms with van der Waals surface area (Å²) in [5, 5.41) is 3.19. The molecule has 5 heteroatoms. The van der Waals surface area contributed by atoms with Crippen molar-refractivity contribution in [3.63, 3.8) is 0 Å².